The van der Waals surface area contributed by atoms with Gasteiger partial charge >= 0.3 is 0 Å². The molecule has 3 heterocycles. The molecule has 2 saturated heterocycles. The number of anilines is 1. The molecule has 2 aromatic rings. The molecule has 2 unspecified atom stereocenters. The van der Waals surface area contributed by atoms with Crippen molar-refractivity contribution in [1.29, 1.82) is 0 Å². The Bertz CT molecular complexity index is 593. The van der Waals surface area contributed by atoms with Gasteiger partial charge in [-0.05, 0) is 50.4 Å². The first-order valence-electron chi connectivity index (χ1n) is 7.97. The SMILES string of the molecule is c1cc(NC2CCN3CCCC3C2)cc(-n2ccnc2)c1. The van der Waals surface area contributed by atoms with Crippen LogP contribution in [0.25, 0.3) is 5.69 Å². The average Bonchev–Trinajstić information content (AvgIpc) is 3.18. The van der Waals surface area contributed by atoms with Gasteiger partial charge in [0.25, 0.3) is 0 Å². The van der Waals surface area contributed by atoms with Crippen LogP contribution in [0.15, 0.2) is 43.0 Å². The Balaban J connectivity index is 1.46. The molecule has 2 atom stereocenters. The zero-order valence-corrected chi connectivity index (χ0v) is 12.3. The zero-order valence-electron chi connectivity index (χ0n) is 12.3. The van der Waals surface area contributed by atoms with E-state index in [0.717, 1.165) is 11.7 Å². The topological polar surface area (TPSA) is 33.1 Å². The van der Waals surface area contributed by atoms with Crippen molar-refractivity contribution in [2.24, 2.45) is 0 Å². The van der Waals surface area contributed by atoms with Gasteiger partial charge in [-0.25, -0.2) is 4.98 Å². The summed E-state index contributed by atoms with van der Waals surface area (Å²) in [5.74, 6) is 0. The lowest BCUT2D eigenvalue weighted by Gasteiger charge is -2.35. The van der Waals surface area contributed by atoms with E-state index >= 15 is 0 Å². The number of piperidine rings is 1. The van der Waals surface area contributed by atoms with Crippen molar-refractivity contribution >= 4 is 5.69 Å². The molecule has 4 nitrogen and oxygen atoms in total. The molecule has 110 valence electrons. The number of nitrogens with zero attached hydrogens (tertiary/aromatic N) is 3. The lowest BCUT2D eigenvalue weighted by atomic mass is 9.97. The summed E-state index contributed by atoms with van der Waals surface area (Å²) in [7, 11) is 0. The molecule has 21 heavy (non-hydrogen) atoms. The summed E-state index contributed by atoms with van der Waals surface area (Å²) in [4.78, 5) is 6.78. The maximum atomic E-state index is 4.12. The highest BCUT2D eigenvalue weighted by Gasteiger charge is 2.31. The summed E-state index contributed by atoms with van der Waals surface area (Å²) in [5.41, 5.74) is 2.38. The maximum absolute atomic E-state index is 4.12. The molecule has 2 fully saturated rings. The molecule has 0 radical (unpaired) electrons. The predicted molar refractivity (Wildman–Crippen MR) is 84.8 cm³/mol. The van der Waals surface area contributed by atoms with Crippen LogP contribution in [0.1, 0.15) is 25.7 Å². The molecular formula is C17H22N4. The molecule has 1 N–H and O–H groups in total. The lowest BCUT2D eigenvalue weighted by molar-refractivity contribution is 0.188. The van der Waals surface area contributed by atoms with Crippen LogP contribution >= 0.6 is 0 Å². The van der Waals surface area contributed by atoms with E-state index in [0.29, 0.717) is 6.04 Å². The van der Waals surface area contributed by atoms with Gasteiger partial charge in [0.05, 0.1) is 6.33 Å². The monoisotopic (exact) mass is 282 g/mol. The molecule has 0 saturated carbocycles. The third kappa shape index (κ3) is 2.68. The van der Waals surface area contributed by atoms with E-state index in [2.05, 4.69) is 39.5 Å². The minimum Gasteiger partial charge on any atom is -0.382 e. The summed E-state index contributed by atoms with van der Waals surface area (Å²) >= 11 is 0. The van der Waals surface area contributed by atoms with Crippen LogP contribution in [0.3, 0.4) is 0 Å². The Morgan fingerprint density at radius 1 is 1.19 bits per heavy atom. The summed E-state index contributed by atoms with van der Waals surface area (Å²) < 4.78 is 2.05. The quantitative estimate of drug-likeness (QED) is 0.939. The predicted octanol–water partition coefficient (Wildman–Crippen LogP) is 2.91. The van der Waals surface area contributed by atoms with Gasteiger partial charge in [0.15, 0.2) is 0 Å². The van der Waals surface area contributed by atoms with Gasteiger partial charge in [-0.3, -0.25) is 0 Å². The van der Waals surface area contributed by atoms with E-state index in [9.17, 15) is 0 Å². The van der Waals surface area contributed by atoms with Crippen LogP contribution in [0, 0.1) is 0 Å². The van der Waals surface area contributed by atoms with E-state index in [1.165, 1.54) is 44.5 Å². The molecule has 4 heteroatoms. The number of nitrogens with one attached hydrogen (secondary N) is 1. The van der Waals surface area contributed by atoms with Crippen molar-refractivity contribution in [3.63, 3.8) is 0 Å². The van der Waals surface area contributed by atoms with E-state index in [1.807, 2.05) is 23.3 Å². The number of aromatic nitrogens is 2. The second-order valence-corrected chi connectivity index (χ2v) is 6.22. The molecule has 2 aliphatic rings. The largest absolute Gasteiger partial charge is 0.382 e. The van der Waals surface area contributed by atoms with Crippen LogP contribution in [-0.4, -0.2) is 39.6 Å². The fourth-order valence-corrected chi connectivity index (χ4v) is 3.76. The number of imidazole rings is 1. The van der Waals surface area contributed by atoms with Crippen LogP contribution in [0.2, 0.25) is 0 Å². The third-order valence-corrected chi connectivity index (χ3v) is 4.84. The Morgan fingerprint density at radius 2 is 2.19 bits per heavy atom. The van der Waals surface area contributed by atoms with E-state index in [4.69, 9.17) is 0 Å². The van der Waals surface area contributed by atoms with Crippen molar-refractivity contribution in [2.45, 2.75) is 37.8 Å². The molecule has 4 rings (SSSR count). The summed E-state index contributed by atoms with van der Waals surface area (Å²) in [6.45, 7) is 2.57. The van der Waals surface area contributed by atoms with E-state index < -0.39 is 0 Å². The first-order valence-corrected chi connectivity index (χ1v) is 7.97. The van der Waals surface area contributed by atoms with Gasteiger partial charge in [0.2, 0.25) is 0 Å². The Morgan fingerprint density at radius 3 is 3.10 bits per heavy atom. The highest BCUT2D eigenvalue weighted by molar-refractivity contribution is 5.51. The van der Waals surface area contributed by atoms with Crippen LogP contribution in [-0.2, 0) is 0 Å². The summed E-state index contributed by atoms with van der Waals surface area (Å²) in [5, 5.41) is 3.74. The number of hydrogen-bond acceptors (Lipinski definition) is 3. The Kier molecular flexibility index (Phi) is 3.39. The zero-order chi connectivity index (χ0) is 14.1. The van der Waals surface area contributed by atoms with Gasteiger partial charge in [0.1, 0.15) is 0 Å². The molecular weight excluding hydrogens is 260 g/mol. The summed E-state index contributed by atoms with van der Waals surface area (Å²) in [6.07, 6.45) is 10.9. The second-order valence-electron chi connectivity index (χ2n) is 6.22. The van der Waals surface area contributed by atoms with Crippen LogP contribution in [0.4, 0.5) is 5.69 Å². The van der Waals surface area contributed by atoms with Gasteiger partial charge in [-0.15, -0.1) is 0 Å². The van der Waals surface area contributed by atoms with E-state index in [-0.39, 0.29) is 0 Å². The standard InChI is InChI=1S/C17H22N4/c1-3-14(11-17(4-1)21-10-7-18-13-21)19-15-6-9-20-8-2-5-16(20)12-15/h1,3-4,7,10-11,13,15-16,19H,2,5-6,8-9,12H2. The molecule has 1 aromatic carbocycles. The molecule has 0 bridgehead atoms. The van der Waals surface area contributed by atoms with Crippen molar-refractivity contribution in [3.8, 4) is 5.69 Å². The lowest BCUT2D eigenvalue weighted by Crippen LogP contribution is -2.42. The molecule has 1 aromatic heterocycles. The summed E-state index contributed by atoms with van der Waals surface area (Å²) in [6, 6.07) is 10.0. The fourth-order valence-electron chi connectivity index (χ4n) is 3.76. The van der Waals surface area contributed by atoms with Crippen molar-refractivity contribution in [1.82, 2.24) is 14.5 Å². The van der Waals surface area contributed by atoms with Crippen molar-refractivity contribution in [3.05, 3.63) is 43.0 Å². The van der Waals surface area contributed by atoms with Crippen molar-refractivity contribution in [2.75, 3.05) is 18.4 Å². The van der Waals surface area contributed by atoms with Crippen molar-refractivity contribution < 1.29 is 0 Å². The van der Waals surface area contributed by atoms with Crippen LogP contribution < -0.4 is 5.32 Å². The maximum Gasteiger partial charge on any atom is 0.0991 e. The van der Waals surface area contributed by atoms with E-state index in [1.54, 1.807) is 0 Å². The first-order chi connectivity index (χ1) is 10.4. The Hall–Kier alpha value is -1.81. The molecule has 2 aliphatic heterocycles. The van der Waals surface area contributed by atoms with Gasteiger partial charge < -0.3 is 14.8 Å². The van der Waals surface area contributed by atoms with Crippen LogP contribution in [0.5, 0.6) is 0 Å². The smallest absolute Gasteiger partial charge is 0.0991 e. The molecule has 0 spiro atoms. The minimum absolute atomic E-state index is 0.613. The Labute approximate surface area is 125 Å². The highest BCUT2D eigenvalue weighted by atomic mass is 15.2. The second kappa shape index (κ2) is 5.53. The third-order valence-electron chi connectivity index (χ3n) is 4.84. The number of fused-ring (bicyclic) bond motifs is 1. The van der Waals surface area contributed by atoms with Gasteiger partial charge in [0, 0.05) is 42.4 Å². The molecule has 0 aliphatic carbocycles. The number of benzene rings is 1. The highest BCUT2D eigenvalue weighted by Crippen LogP contribution is 2.28. The minimum atomic E-state index is 0.613. The van der Waals surface area contributed by atoms with Gasteiger partial charge in [-0.2, -0.15) is 0 Å². The normalized spacial score (nSPS) is 25.7. The number of rotatable bonds is 3. The average molecular weight is 282 g/mol. The molecule has 0 amide bonds. The first kappa shape index (κ1) is 12.9. The fraction of sp³-hybridized carbons (Fsp3) is 0.471. The van der Waals surface area contributed by atoms with Gasteiger partial charge in [-0.1, -0.05) is 6.07 Å². The number of hydrogen-bond donors (Lipinski definition) is 1.